The van der Waals surface area contributed by atoms with Gasteiger partial charge in [0, 0.05) is 41.1 Å². The van der Waals surface area contributed by atoms with E-state index in [0.717, 1.165) is 22.1 Å². The summed E-state index contributed by atoms with van der Waals surface area (Å²) in [6, 6.07) is 5.65. The van der Waals surface area contributed by atoms with Crippen LogP contribution in [0.3, 0.4) is 0 Å². The van der Waals surface area contributed by atoms with Gasteiger partial charge in [-0.3, -0.25) is 4.98 Å². The third-order valence-electron chi connectivity index (χ3n) is 2.44. The van der Waals surface area contributed by atoms with Crippen LogP contribution in [-0.4, -0.2) is 22.7 Å². The molecule has 0 saturated carbocycles. The smallest absolute Gasteiger partial charge is 0.0684 e. The summed E-state index contributed by atoms with van der Waals surface area (Å²) in [5, 5.41) is 14.4. The van der Waals surface area contributed by atoms with Crippen molar-refractivity contribution in [3.05, 3.63) is 30.6 Å². The average Bonchev–Trinajstić information content (AvgIpc) is 2.28. The molecule has 0 saturated heterocycles. The van der Waals surface area contributed by atoms with Crippen molar-refractivity contribution in [3.63, 3.8) is 0 Å². The normalized spacial score (nSPS) is 12.6. The van der Waals surface area contributed by atoms with Gasteiger partial charge in [0.1, 0.15) is 0 Å². The molecule has 0 aliphatic heterocycles. The molecule has 1 atom stereocenters. The highest BCUT2D eigenvalue weighted by Crippen LogP contribution is 2.27. The van der Waals surface area contributed by atoms with Gasteiger partial charge in [0.25, 0.3) is 0 Å². The molecule has 4 nitrogen and oxygen atoms in total. The van der Waals surface area contributed by atoms with E-state index in [4.69, 9.17) is 5.73 Å². The van der Waals surface area contributed by atoms with Gasteiger partial charge >= 0.3 is 0 Å². The summed E-state index contributed by atoms with van der Waals surface area (Å²) in [6.07, 6.45) is 3.11. The molecule has 16 heavy (non-hydrogen) atoms. The molecular weight excluding hydrogens is 202 g/mol. The van der Waals surface area contributed by atoms with E-state index in [0.29, 0.717) is 6.54 Å². The van der Waals surface area contributed by atoms with Crippen molar-refractivity contribution in [2.24, 2.45) is 0 Å². The zero-order valence-electron chi connectivity index (χ0n) is 9.14. The number of nitrogens with one attached hydrogen (secondary N) is 1. The highest BCUT2D eigenvalue weighted by Gasteiger charge is 2.04. The van der Waals surface area contributed by atoms with Crippen LogP contribution in [-0.2, 0) is 0 Å². The van der Waals surface area contributed by atoms with E-state index in [1.54, 1.807) is 19.3 Å². The largest absolute Gasteiger partial charge is 0.398 e. The third-order valence-corrected chi connectivity index (χ3v) is 2.44. The Morgan fingerprint density at radius 3 is 2.94 bits per heavy atom. The number of hydrogen-bond acceptors (Lipinski definition) is 4. The number of anilines is 2. The van der Waals surface area contributed by atoms with E-state index in [2.05, 4.69) is 10.3 Å². The number of fused-ring (bicyclic) bond motifs is 1. The molecule has 0 spiro atoms. The fourth-order valence-electron chi connectivity index (χ4n) is 1.63. The number of hydrogen-bond donors (Lipinski definition) is 3. The summed E-state index contributed by atoms with van der Waals surface area (Å²) < 4.78 is 0. The number of aromatic nitrogens is 1. The monoisotopic (exact) mass is 217 g/mol. The van der Waals surface area contributed by atoms with Crippen molar-refractivity contribution in [2.45, 2.75) is 13.0 Å². The van der Waals surface area contributed by atoms with Crippen molar-refractivity contribution >= 4 is 22.1 Å². The van der Waals surface area contributed by atoms with Gasteiger partial charge in [-0.25, -0.2) is 0 Å². The molecule has 4 N–H and O–H groups in total. The average molecular weight is 217 g/mol. The van der Waals surface area contributed by atoms with Crippen molar-refractivity contribution in [3.8, 4) is 0 Å². The topological polar surface area (TPSA) is 71.2 Å². The number of aliphatic hydroxyl groups excluding tert-OH is 1. The van der Waals surface area contributed by atoms with Gasteiger partial charge in [0.05, 0.1) is 6.10 Å². The number of pyridine rings is 1. The molecule has 0 fully saturated rings. The first-order valence-corrected chi connectivity index (χ1v) is 5.22. The highest BCUT2D eigenvalue weighted by molar-refractivity contribution is 6.00. The van der Waals surface area contributed by atoms with Crippen LogP contribution in [0, 0.1) is 0 Å². The molecule has 1 aromatic carbocycles. The third kappa shape index (κ3) is 2.06. The van der Waals surface area contributed by atoms with Gasteiger partial charge in [0.15, 0.2) is 0 Å². The number of benzene rings is 1. The SMILES string of the molecule is CC(O)CNc1ccc(N)c2ccncc12. The fraction of sp³-hybridized carbons (Fsp3) is 0.250. The Bertz CT molecular complexity index is 497. The lowest BCUT2D eigenvalue weighted by Crippen LogP contribution is -2.15. The van der Waals surface area contributed by atoms with E-state index < -0.39 is 0 Å². The Morgan fingerprint density at radius 1 is 1.38 bits per heavy atom. The molecule has 1 heterocycles. The van der Waals surface area contributed by atoms with Crippen LogP contribution in [0.4, 0.5) is 11.4 Å². The molecule has 2 aromatic rings. The minimum Gasteiger partial charge on any atom is -0.398 e. The minimum atomic E-state index is -0.385. The summed E-state index contributed by atoms with van der Waals surface area (Å²) in [5.41, 5.74) is 7.55. The van der Waals surface area contributed by atoms with Crippen LogP contribution in [0.1, 0.15) is 6.92 Å². The molecule has 0 amide bonds. The lowest BCUT2D eigenvalue weighted by atomic mass is 10.1. The second-order valence-electron chi connectivity index (χ2n) is 3.85. The Kier molecular flexibility index (Phi) is 2.92. The van der Waals surface area contributed by atoms with Crippen molar-refractivity contribution in [1.82, 2.24) is 4.98 Å². The molecule has 4 heteroatoms. The summed E-state index contributed by atoms with van der Waals surface area (Å²) >= 11 is 0. The fourth-order valence-corrected chi connectivity index (χ4v) is 1.63. The van der Waals surface area contributed by atoms with E-state index in [1.807, 2.05) is 18.2 Å². The second-order valence-corrected chi connectivity index (χ2v) is 3.85. The molecule has 0 aliphatic carbocycles. The summed E-state index contributed by atoms with van der Waals surface area (Å²) in [6.45, 7) is 2.25. The van der Waals surface area contributed by atoms with Gasteiger partial charge in [-0.05, 0) is 25.1 Å². The molecule has 2 rings (SSSR count). The standard InChI is InChI=1S/C12H15N3O/c1-8(16)6-15-12-3-2-11(13)9-4-5-14-7-10(9)12/h2-5,7-8,15-16H,6,13H2,1H3. The lowest BCUT2D eigenvalue weighted by Gasteiger charge is -2.12. The predicted molar refractivity (Wildman–Crippen MR) is 66.3 cm³/mol. The number of nitrogens with two attached hydrogens (primary N) is 1. The van der Waals surface area contributed by atoms with Crippen LogP contribution < -0.4 is 11.1 Å². The van der Waals surface area contributed by atoms with Gasteiger partial charge in [0.2, 0.25) is 0 Å². The molecular formula is C12H15N3O. The van der Waals surface area contributed by atoms with E-state index in [9.17, 15) is 5.11 Å². The quantitative estimate of drug-likeness (QED) is 0.683. The number of nitrogens with zero attached hydrogens (tertiary/aromatic N) is 1. The Hall–Kier alpha value is -1.81. The van der Waals surface area contributed by atoms with Crippen molar-refractivity contribution < 1.29 is 5.11 Å². The number of rotatable bonds is 3. The Labute approximate surface area is 94.1 Å². The maximum Gasteiger partial charge on any atom is 0.0684 e. The first kappa shape index (κ1) is 10.7. The van der Waals surface area contributed by atoms with Crippen LogP contribution >= 0.6 is 0 Å². The van der Waals surface area contributed by atoms with Crippen LogP contribution in [0.25, 0.3) is 10.8 Å². The van der Waals surface area contributed by atoms with E-state index in [-0.39, 0.29) is 6.10 Å². The summed E-state index contributed by atoms with van der Waals surface area (Å²) in [7, 11) is 0. The van der Waals surface area contributed by atoms with E-state index in [1.165, 1.54) is 0 Å². The molecule has 0 aliphatic rings. The molecule has 84 valence electrons. The maximum absolute atomic E-state index is 9.24. The van der Waals surface area contributed by atoms with Crippen molar-refractivity contribution in [1.29, 1.82) is 0 Å². The first-order valence-electron chi connectivity index (χ1n) is 5.22. The molecule has 1 unspecified atom stereocenters. The Balaban J connectivity index is 2.42. The van der Waals surface area contributed by atoms with Crippen LogP contribution in [0.5, 0.6) is 0 Å². The van der Waals surface area contributed by atoms with Gasteiger partial charge in [-0.2, -0.15) is 0 Å². The lowest BCUT2D eigenvalue weighted by molar-refractivity contribution is 0.208. The van der Waals surface area contributed by atoms with Crippen molar-refractivity contribution in [2.75, 3.05) is 17.6 Å². The minimum absolute atomic E-state index is 0.385. The molecule has 1 aromatic heterocycles. The highest BCUT2D eigenvalue weighted by atomic mass is 16.3. The molecule has 0 bridgehead atoms. The predicted octanol–water partition coefficient (Wildman–Crippen LogP) is 1.61. The maximum atomic E-state index is 9.24. The molecule has 0 radical (unpaired) electrons. The van der Waals surface area contributed by atoms with Gasteiger partial charge < -0.3 is 16.2 Å². The summed E-state index contributed by atoms with van der Waals surface area (Å²) in [4.78, 5) is 4.08. The summed E-state index contributed by atoms with van der Waals surface area (Å²) in [5.74, 6) is 0. The first-order chi connectivity index (χ1) is 7.68. The zero-order valence-corrected chi connectivity index (χ0v) is 9.14. The van der Waals surface area contributed by atoms with Gasteiger partial charge in [-0.1, -0.05) is 0 Å². The van der Waals surface area contributed by atoms with Gasteiger partial charge in [-0.15, -0.1) is 0 Å². The Morgan fingerprint density at radius 2 is 2.19 bits per heavy atom. The van der Waals surface area contributed by atoms with E-state index >= 15 is 0 Å². The van der Waals surface area contributed by atoms with Crippen LogP contribution in [0.15, 0.2) is 30.6 Å². The zero-order chi connectivity index (χ0) is 11.5. The van der Waals surface area contributed by atoms with Crippen LogP contribution in [0.2, 0.25) is 0 Å². The second kappa shape index (κ2) is 4.37. The number of nitrogen functional groups attached to an aromatic ring is 1. The number of aliphatic hydroxyl groups is 1.